The summed E-state index contributed by atoms with van der Waals surface area (Å²) in [5.74, 6) is -0.330. The molecule has 0 aromatic heterocycles. The quantitative estimate of drug-likeness (QED) is 0.0384. The highest BCUT2D eigenvalue weighted by Crippen LogP contribution is 2.14. The number of aliphatic hydroxyl groups excluding tert-OH is 3. The maximum atomic E-state index is 12.4. The molecule has 0 rings (SSSR count). The Morgan fingerprint density at radius 2 is 0.878 bits per heavy atom. The van der Waals surface area contributed by atoms with Crippen LogP contribution in [0, 0.1) is 0 Å². The number of nitrogens with one attached hydrogen (secondary N) is 1. The van der Waals surface area contributed by atoms with E-state index in [1.165, 1.54) is 154 Å². The van der Waals surface area contributed by atoms with Crippen molar-refractivity contribution < 1.29 is 20.1 Å². The zero-order valence-corrected chi connectivity index (χ0v) is 32.6. The number of rotatable bonds is 38. The van der Waals surface area contributed by atoms with Crippen LogP contribution in [0.25, 0.3) is 0 Å². The van der Waals surface area contributed by atoms with E-state index in [-0.39, 0.29) is 18.9 Å². The SMILES string of the molecule is CCCCCCC/C=C/CC/C=C/C(O)C(CO)NC(=O)CC(O)CCCCCCCCC/C=C\CCCCCCCCCCCCCC. The molecular weight excluding hydrogens is 606 g/mol. The first-order valence-electron chi connectivity index (χ1n) is 21.3. The summed E-state index contributed by atoms with van der Waals surface area (Å²) < 4.78 is 0. The van der Waals surface area contributed by atoms with Crippen LogP contribution >= 0.6 is 0 Å². The minimum Gasteiger partial charge on any atom is -0.394 e. The van der Waals surface area contributed by atoms with Crippen molar-refractivity contribution in [2.75, 3.05) is 6.61 Å². The zero-order chi connectivity index (χ0) is 35.9. The number of allylic oxidation sites excluding steroid dienone is 5. The van der Waals surface area contributed by atoms with Crippen LogP contribution in [0.2, 0.25) is 0 Å². The number of unbranched alkanes of at least 4 members (excludes halogenated alkanes) is 25. The van der Waals surface area contributed by atoms with E-state index in [4.69, 9.17) is 0 Å². The molecule has 0 aliphatic carbocycles. The summed E-state index contributed by atoms with van der Waals surface area (Å²) in [7, 11) is 0. The Balaban J connectivity index is 3.65. The first-order valence-corrected chi connectivity index (χ1v) is 21.3. The summed E-state index contributed by atoms with van der Waals surface area (Å²) in [5.41, 5.74) is 0. The lowest BCUT2D eigenvalue weighted by molar-refractivity contribution is -0.124. The fourth-order valence-corrected chi connectivity index (χ4v) is 6.35. The predicted octanol–water partition coefficient (Wildman–Crippen LogP) is 12.0. The fourth-order valence-electron chi connectivity index (χ4n) is 6.35. The second-order valence-electron chi connectivity index (χ2n) is 14.6. The average Bonchev–Trinajstić information content (AvgIpc) is 3.09. The Morgan fingerprint density at radius 3 is 1.31 bits per heavy atom. The maximum Gasteiger partial charge on any atom is 0.222 e. The molecule has 0 radical (unpaired) electrons. The van der Waals surface area contributed by atoms with Gasteiger partial charge in [0.05, 0.1) is 31.3 Å². The topological polar surface area (TPSA) is 89.8 Å². The summed E-state index contributed by atoms with van der Waals surface area (Å²) in [5, 5.41) is 33.1. The second kappa shape index (κ2) is 39.4. The highest BCUT2D eigenvalue weighted by Gasteiger charge is 2.20. The molecule has 49 heavy (non-hydrogen) atoms. The molecule has 0 aromatic carbocycles. The third-order valence-electron chi connectivity index (χ3n) is 9.65. The molecular formula is C44H83NO4. The van der Waals surface area contributed by atoms with Gasteiger partial charge < -0.3 is 20.6 Å². The van der Waals surface area contributed by atoms with Gasteiger partial charge in [-0.05, 0) is 57.8 Å². The van der Waals surface area contributed by atoms with Gasteiger partial charge in [0.2, 0.25) is 5.91 Å². The lowest BCUT2D eigenvalue weighted by Gasteiger charge is -2.21. The van der Waals surface area contributed by atoms with E-state index < -0.39 is 18.2 Å². The van der Waals surface area contributed by atoms with Gasteiger partial charge in [0.1, 0.15) is 0 Å². The molecule has 0 spiro atoms. The van der Waals surface area contributed by atoms with Crippen molar-refractivity contribution in [1.29, 1.82) is 0 Å². The number of carbonyl (C=O) groups excluding carboxylic acids is 1. The van der Waals surface area contributed by atoms with Crippen molar-refractivity contribution in [1.82, 2.24) is 5.32 Å². The predicted molar refractivity (Wildman–Crippen MR) is 213 cm³/mol. The molecule has 1 amide bonds. The third kappa shape index (κ3) is 36.2. The smallest absolute Gasteiger partial charge is 0.222 e. The van der Waals surface area contributed by atoms with Crippen LogP contribution in [-0.4, -0.2) is 46.1 Å². The van der Waals surface area contributed by atoms with E-state index in [0.29, 0.717) is 6.42 Å². The van der Waals surface area contributed by atoms with Crippen molar-refractivity contribution in [3.05, 3.63) is 36.5 Å². The van der Waals surface area contributed by atoms with Crippen molar-refractivity contribution >= 4 is 5.91 Å². The lowest BCUT2D eigenvalue weighted by Crippen LogP contribution is -2.45. The van der Waals surface area contributed by atoms with Crippen LogP contribution in [0.5, 0.6) is 0 Å². The number of carbonyl (C=O) groups is 1. The highest BCUT2D eigenvalue weighted by atomic mass is 16.3. The molecule has 0 bridgehead atoms. The van der Waals surface area contributed by atoms with Gasteiger partial charge >= 0.3 is 0 Å². The molecule has 0 fully saturated rings. The summed E-state index contributed by atoms with van der Waals surface area (Å²) >= 11 is 0. The van der Waals surface area contributed by atoms with Crippen LogP contribution in [0.15, 0.2) is 36.5 Å². The maximum absolute atomic E-state index is 12.4. The molecule has 0 aliphatic rings. The molecule has 5 heteroatoms. The van der Waals surface area contributed by atoms with Crippen molar-refractivity contribution in [3.8, 4) is 0 Å². The van der Waals surface area contributed by atoms with Crippen LogP contribution in [0.1, 0.15) is 213 Å². The Hall–Kier alpha value is -1.43. The minimum absolute atomic E-state index is 0.00298. The van der Waals surface area contributed by atoms with E-state index in [1.54, 1.807) is 6.08 Å². The molecule has 3 atom stereocenters. The Labute approximate surface area is 304 Å². The molecule has 0 heterocycles. The molecule has 0 saturated heterocycles. The number of hydrogen-bond donors (Lipinski definition) is 4. The standard InChI is InChI=1S/C44H83NO4/c1-3-5-7-9-11-13-15-16-17-18-19-20-21-22-23-24-25-26-28-29-31-33-35-37-41(47)39-44(49)45-42(40-46)43(48)38-36-34-32-30-27-14-12-10-8-6-4-2/h22-23,27,30,36,38,41-43,46-48H,3-21,24-26,28-29,31-35,37,39-40H2,1-2H3,(H,45,49)/b23-22-,30-27+,38-36+. The van der Waals surface area contributed by atoms with Gasteiger partial charge in [-0.15, -0.1) is 0 Å². The number of hydrogen-bond acceptors (Lipinski definition) is 4. The summed E-state index contributed by atoms with van der Waals surface area (Å²) in [6.45, 7) is 4.17. The molecule has 5 nitrogen and oxygen atoms in total. The minimum atomic E-state index is -0.950. The average molecular weight is 690 g/mol. The van der Waals surface area contributed by atoms with Crippen LogP contribution < -0.4 is 5.32 Å². The molecule has 288 valence electrons. The van der Waals surface area contributed by atoms with Gasteiger partial charge in [-0.2, -0.15) is 0 Å². The Kier molecular flexibility index (Phi) is 38.2. The molecule has 0 saturated carbocycles. The van der Waals surface area contributed by atoms with Crippen molar-refractivity contribution in [2.45, 2.75) is 231 Å². The van der Waals surface area contributed by atoms with Crippen LogP contribution in [0.3, 0.4) is 0 Å². The van der Waals surface area contributed by atoms with E-state index in [9.17, 15) is 20.1 Å². The summed E-state index contributed by atoms with van der Waals surface area (Å²) in [4.78, 5) is 12.4. The highest BCUT2D eigenvalue weighted by molar-refractivity contribution is 5.76. The van der Waals surface area contributed by atoms with Crippen molar-refractivity contribution in [3.63, 3.8) is 0 Å². The van der Waals surface area contributed by atoms with Gasteiger partial charge in [-0.1, -0.05) is 185 Å². The van der Waals surface area contributed by atoms with Gasteiger partial charge in [-0.3, -0.25) is 4.79 Å². The van der Waals surface area contributed by atoms with Gasteiger partial charge in [0.15, 0.2) is 0 Å². The molecule has 0 aromatic rings. The summed E-state index contributed by atoms with van der Waals surface area (Å²) in [6, 6.07) is -0.760. The zero-order valence-electron chi connectivity index (χ0n) is 32.6. The monoisotopic (exact) mass is 690 g/mol. The van der Waals surface area contributed by atoms with Gasteiger partial charge in [0.25, 0.3) is 0 Å². The van der Waals surface area contributed by atoms with E-state index in [1.807, 2.05) is 6.08 Å². The largest absolute Gasteiger partial charge is 0.394 e. The van der Waals surface area contributed by atoms with E-state index in [2.05, 4.69) is 43.5 Å². The van der Waals surface area contributed by atoms with Crippen LogP contribution in [0.4, 0.5) is 0 Å². The van der Waals surface area contributed by atoms with E-state index >= 15 is 0 Å². The third-order valence-corrected chi connectivity index (χ3v) is 9.65. The molecule has 0 aliphatic heterocycles. The first-order chi connectivity index (χ1) is 24.0. The molecule has 4 N–H and O–H groups in total. The van der Waals surface area contributed by atoms with E-state index in [0.717, 1.165) is 32.1 Å². The Bertz CT molecular complexity index is 764. The van der Waals surface area contributed by atoms with Gasteiger partial charge in [0, 0.05) is 0 Å². The lowest BCUT2D eigenvalue weighted by atomic mass is 10.0. The number of aliphatic hydroxyl groups is 3. The number of amides is 1. The first kappa shape index (κ1) is 47.6. The normalized spacial score (nSPS) is 14.0. The summed E-state index contributed by atoms with van der Waals surface area (Å²) in [6.07, 6.45) is 48.6. The fraction of sp³-hybridized carbons (Fsp3) is 0.841. The van der Waals surface area contributed by atoms with Crippen molar-refractivity contribution in [2.24, 2.45) is 0 Å². The molecule has 3 unspecified atom stereocenters. The van der Waals surface area contributed by atoms with Crippen LogP contribution in [-0.2, 0) is 4.79 Å². The Morgan fingerprint density at radius 1 is 0.510 bits per heavy atom. The van der Waals surface area contributed by atoms with Gasteiger partial charge in [-0.25, -0.2) is 0 Å². The second-order valence-corrected chi connectivity index (χ2v) is 14.6.